The summed E-state index contributed by atoms with van der Waals surface area (Å²) in [6.45, 7) is 4.71. The average molecular weight is 227 g/mol. The summed E-state index contributed by atoms with van der Waals surface area (Å²) in [4.78, 5) is 0. The third kappa shape index (κ3) is 1.00. The van der Waals surface area contributed by atoms with E-state index in [2.05, 4.69) is 61.0 Å². The Morgan fingerprint density at radius 1 is 1.00 bits per heavy atom. The van der Waals surface area contributed by atoms with E-state index in [4.69, 9.17) is 0 Å². The highest BCUT2D eigenvalue weighted by Gasteiger charge is 2.42. The number of hydrogen-bond acceptors (Lipinski definition) is 0. The van der Waals surface area contributed by atoms with E-state index in [0.29, 0.717) is 0 Å². The molecule has 0 spiro atoms. The average Bonchev–Trinajstić information content (AvgIpc) is 2.89. The van der Waals surface area contributed by atoms with Gasteiger partial charge < -0.3 is 4.57 Å². The quantitative estimate of drug-likeness (QED) is 0.694. The molecule has 1 aliphatic rings. The summed E-state index contributed by atoms with van der Waals surface area (Å²) in [7, 11) is -1.41. The first kappa shape index (κ1) is 9.91. The molecular formula is C14H17NSi. The predicted octanol–water partition coefficient (Wildman–Crippen LogP) is 2.39. The highest BCUT2D eigenvalue weighted by Crippen LogP contribution is 2.25. The van der Waals surface area contributed by atoms with Crippen LogP contribution in [-0.4, -0.2) is 12.6 Å². The number of benzene rings is 1. The van der Waals surface area contributed by atoms with Crippen molar-refractivity contribution < 1.29 is 0 Å². The second-order valence-corrected chi connectivity index (χ2v) is 9.20. The Balaban J connectivity index is 2.36. The van der Waals surface area contributed by atoms with Gasteiger partial charge in [0.25, 0.3) is 0 Å². The standard InChI is InChI=1S/C14H17NSi/c1-3-16(4-2)13-9-6-5-8-12(13)15-11-7-10-14(15)16/h5-11H,3-4H2,1-2H3. The predicted molar refractivity (Wildman–Crippen MR) is 71.8 cm³/mol. The molecular weight excluding hydrogens is 210 g/mol. The first-order chi connectivity index (χ1) is 7.83. The van der Waals surface area contributed by atoms with Crippen molar-refractivity contribution in [2.45, 2.75) is 25.9 Å². The Kier molecular flexibility index (Phi) is 2.08. The van der Waals surface area contributed by atoms with Crippen molar-refractivity contribution in [2.24, 2.45) is 0 Å². The lowest BCUT2D eigenvalue weighted by molar-refractivity contribution is 1.14. The Morgan fingerprint density at radius 3 is 2.50 bits per heavy atom. The maximum Gasteiger partial charge on any atom is 0.141 e. The van der Waals surface area contributed by atoms with Crippen molar-refractivity contribution in [1.29, 1.82) is 0 Å². The normalized spacial score (nSPS) is 15.9. The molecule has 16 heavy (non-hydrogen) atoms. The van der Waals surface area contributed by atoms with Gasteiger partial charge in [-0.15, -0.1) is 0 Å². The Hall–Kier alpha value is -1.28. The van der Waals surface area contributed by atoms with Gasteiger partial charge in [-0.05, 0) is 23.4 Å². The van der Waals surface area contributed by atoms with Crippen molar-refractivity contribution in [3.63, 3.8) is 0 Å². The number of rotatable bonds is 2. The molecule has 0 aliphatic carbocycles. The molecule has 0 bridgehead atoms. The van der Waals surface area contributed by atoms with E-state index in [-0.39, 0.29) is 0 Å². The molecule has 82 valence electrons. The fourth-order valence-electron chi connectivity index (χ4n) is 3.20. The molecule has 0 amide bonds. The molecule has 0 unspecified atom stereocenters. The molecule has 2 heteroatoms. The van der Waals surface area contributed by atoms with E-state index in [1.165, 1.54) is 17.8 Å². The zero-order chi connectivity index (χ0) is 11.2. The van der Waals surface area contributed by atoms with Crippen LogP contribution in [0.15, 0.2) is 42.6 Å². The topological polar surface area (TPSA) is 4.93 Å². The van der Waals surface area contributed by atoms with Gasteiger partial charge in [-0.1, -0.05) is 44.1 Å². The minimum atomic E-state index is -1.41. The van der Waals surface area contributed by atoms with Gasteiger partial charge in [0.15, 0.2) is 0 Å². The number of aromatic nitrogens is 1. The van der Waals surface area contributed by atoms with E-state index >= 15 is 0 Å². The first-order valence-electron chi connectivity index (χ1n) is 6.11. The Labute approximate surface area is 97.7 Å². The zero-order valence-corrected chi connectivity index (χ0v) is 10.9. The summed E-state index contributed by atoms with van der Waals surface area (Å²) in [6.07, 6.45) is 2.22. The van der Waals surface area contributed by atoms with E-state index in [1.807, 2.05) is 0 Å². The van der Waals surface area contributed by atoms with Crippen molar-refractivity contribution in [2.75, 3.05) is 0 Å². The molecule has 2 heterocycles. The zero-order valence-electron chi connectivity index (χ0n) is 9.90. The number of fused-ring (bicyclic) bond motifs is 3. The van der Waals surface area contributed by atoms with Gasteiger partial charge in [0.1, 0.15) is 8.07 Å². The molecule has 2 aromatic rings. The minimum Gasteiger partial charge on any atom is -0.325 e. The summed E-state index contributed by atoms with van der Waals surface area (Å²) in [5.41, 5.74) is 1.43. The second kappa shape index (κ2) is 3.35. The van der Waals surface area contributed by atoms with E-state index < -0.39 is 8.07 Å². The van der Waals surface area contributed by atoms with Gasteiger partial charge in [-0.3, -0.25) is 0 Å². The Morgan fingerprint density at radius 2 is 1.75 bits per heavy atom. The molecule has 0 N–H and O–H groups in total. The fourth-order valence-corrected chi connectivity index (χ4v) is 7.64. The molecule has 1 aliphatic heterocycles. The van der Waals surface area contributed by atoms with E-state index in [1.54, 1.807) is 10.5 Å². The molecule has 1 nitrogen and oxygen atoms in total. The second-order valence-electron chi connectivity index (χ2n) is 4.57. The van der Waals surface area contributed by atoms with Crippen LogP contribution in [0.4, 0.5) is 0 Å². The first-order valence-corrected chi connectivity index (χ1v) is 8.52. The van der Waals surface area contributed by atoms with Crippen molar-refractivity contribution >= 4 is 18.6 Å². The van der Waals surface area contributed by atoms with E-state index in [9.17, 15) is 0 Å². The van der Waals surface area contributed by atoms with Crippen LogP contribution in [0.1, 0.15) is 13.8 Å². The fraction of sp³-hybridized carbons (Fsp3) is 0.286. The van der Waals surface area contributed by atoms with Crippen LogP contribution >= 0.6 is 0 Å². The maximum atomic E-state index is 2.41. The van der Waals surface area contributed by atoms with Crippen LogP contribution in [0, 0.1) is 0 Å². The monoisotopic (exact) mass is 227 g/mol. The lowest BCUT2D eigenvalue weighted by Gasteiger charge is -2.24. The summed E-state index contributed by atoms with van der Waals surface area (Å²) < 4.78 is 2.41. The van der Waals surface area contributed by atoms with Gasteiger partial charge >= 0.3 is 0 Å². The largest absolute Gasteiger partial charge is 0.325 e. The summed E-state index contributed by atoms with van der Waals surface area (Å²) in [5.74, 6) is 0. The lowest BCUT2D eigenvalue weighted by atomic mass is 10.3. The number of nitrogens with zero attached hydrogens (tertiary/aromatic N) is 1. The van der Waals surface area contributed by atoms with Gasteiger partial charge in [0, 0.05) is 17.2 Å². The third-order valence-corrected chi connectivity index (χ3v) is 9.38. The van der Waals surface area contributed by atoms with E-state index in [0.717, 1.165) is 0 Å². The molecule has 3 rings (SSSR count). The molecule has 0 atom stereocenters. The van der Waals surface area contributed by atoms with Crippen molar-refractivity contribution in [3.8, 4) is 5.69 Å². The molecule has 0 saturated carbocycles. The summed E-state index contributed by atoms with van der Waals surface area (Å²) >= 11 is 0. The third-order valence-electron chi connectivity index (χ3n) is 4.13. The summed E-state index contributed by atoms with van der Waals surface area (Å²) in [5, 5.41) is 3.23. The van der Waals surface area contributed by atoms with Crippen LogP contribution < -0.4 is 10.5 Å². The maximum absolute atomic E-state index is 2.41. The van der Waals surface area contributed by atoms with Gasteiger partial charge in [-0.25, -0.2) is 0 Å². The molecule has 1 aromatic carbocycles. The number of hydrogen-bond donors (Lipinski definition) is 0. The molecule has 0 radical (unpaired) electrons. The van der Waals surface area contributed by atoms with Crippen LogP contribution in [0.3, 0.4) is 0 Å². The van der Waals surface area contributed by atoms with Crippen LogP contribution in [-0.2, 0) is 0 Å². The van der Waals surface area contributed by atoms with Gasteiger partial charge in [0.2, 0.25) is 0 Å². The van der Waals surface area contributed by atoms with Gasteiger partial charge in [-0.2, -0.15) is 0 Å². The minimum absolute atomic E-state index is 1.31. The van der Waals surface area contributed by atoms with Gasteiger partial charge in [0.05, 0.1) is 0 Å². The Bertz CT molecular complexity index is 523. The highest BCUT2D eigenvalue weighted by atomic mass is 28.3. The van der Waals surface area contributed by atoms with Crippen LogP contribution in [0.5, 0.6) is 0 Å². The van der Waals surface area contributed by atoms with Crippen LogP contribution in [0.2, 0.25) is 12.1 Å². The van der Waals surface area contributed by atoms with Crippen molar-refractivity contribution in [1.82, 2.24) is 4.57 Å². The lowest BCUT2D eigenvalue weighted by Crippen LogP contribution is -2.54. The van der Waals surface area contributed by atoms with Crippen molar-refractivity contribution in [3.05, 3.63) is 42.6 Å². The SMILES string of the molecule is CC[Si]1(CC)c2ccccc2-n2cccc21. The molecule has 0 fully saturated rings. The summed E-state index contributed by atoms with van der Waals surface area (Å²) in [6, 6.07) is 16.1. The van der Waals surface area contributed by atoms with Crippen LogP contribution in [0.25, 0.3) is 5.69 Å². The number of para-hydroxylation sites is 1. The molecule has 1 aromatic heterocycles. The highest BCUT2D eigenvalue weighted by molar-refractivity contribution is 7.03. The molecule has 0 saturated heterocycles. The smallest absolute Gasteiger partial charge is 0.141 e.